The second-order valence-corrected chi connectivity index (χ2v) is 17.2. The molecule has 4 rings (SSSR count). The van der Waals surface area contributed by atoms with Crippen LogP contribution in [0, 0.1) is 46.3 Å². The highest BCUT2D eigenvalue weighted by molar-refractivity contribution is 7.46. The van der Waals surface area contributed by atoms with Gasteiger partial charge in [0.15, 0.2) is 0 Å². The van der Waals surface area contributed by atoms with Crippen molar-refractivity contribution in [3.8, 4) is 0 Å². The van der Waals surface area contributed by atoms with Crippen LogP contribution in [-0.4, -0.2) is 65.3 Å². The Bertz CT molecular complexity index is 1220. The topological polar surface area (TPSA) is 247 Å². The normalized spacial score (nSPS) is 41.8. The molecular formula is C25H44FO15P3. The first-order chi connectivity index (χ1) is 20.0. The minimum Gasteiger partial charge on any atom is -0.438 e. The third-order valence-corrected chi connectivity index (χ3v) is 12.8. The Kier molecular flexibility index (Phi) is 10.5. The minimum absolute atomic E-state index is 0.0387. The number of aliphatic hydroxyl groups is 1. The lowest BCUT2D eigenvalue weighted by Gasteiger charge is -2.65. The van der Waals surface area contributed by atoms with Crippen molar-refractivity contribution >= 4 is 29.4 Å². The Morgan fingerprint density at radius 3 is 2.16 bits per heavy atom. The summed E-state index contributed by atoms with van der Waals surface area (Å²) in [6.07, 6.45) is -0.232. The van der Waals surface area contributed by atoms with Crippen LogP contribution < -0.4 is 0 Å². The van der Waals surface area contributed by atoms with Crippen LogP contribution in [-0.2, 0) is 36.8 Å². The Balaban J connectivity index is 1.58. The van der Waals surface area contributed by atoms with E-state index < -0.39 is 88.8 Å². The molecule has 4 saturated carbocycles. The Morgan fingerprint density at radius 2 is 1.57 bits per heavy atom. The lowest BCUT2D eigenvalue weighted by atomic mass is 9.42. The van der Waals surface area contributed by atoms with Crippen molar-refractivity contribution in [2.75, 3.05) is 6.79 Å². The highest BCUT2D eigenvalue weighted by atomic mass is 31.2. The van der Waals surface area contributed by atoms with Crippen LogP contribution in [0.3, 0.4) is 0 Å². The SMILES string of the molecule is CC(CCC(=O)OCOP(=O)(O)O)C1CCC2C3C(CC(OP(=O)(O)O)C12C)C1(C)CCC(OP(=O)(O)O)CC1CC3(O)F. The monoisotopic (exact) mass is 696 g/mol. The zero-order valence-electron chi connectivity index (χ0n) is 24.8. The van der Waals surface area contributed by atoms with Gasteiger partial charge in [-0.1, -0.05) is 20.8 Å². The van der Waals surface area contributed by atoms with Crippen LogP contribution in [0.1, 0.15) is 78.6 Å². The molecule has 0 amide bonds. The van der Waals surface area contributed by atoms with Crippen molar-refractivity contribution in [2.45, 2.75) is 96.6 Å². The average molecular weight is 697 g/mol. The molecular weight excluding hydrogens is 652 g/mol. The lowest BCUT2D eigenvalue weighted by Crippen LogP contribution is -2.65. The number of phosphoric ester groups is 3. The predicted octanol–water partition coefficient (Wildman–Crippen LogP) is 3.51. The minimum atomic E-state index is -5.03. The van der Waals surface area contributed by atoms with Gasteiger partial charge in [0.2, 0.25) is 12.6 Å². The summed E-state index contributed by atoms with van der Waals surface area (Å²) in [5.41, 5.74) is -1.63. The van der Waals surface area contributed by atoms with Crippen LogP contribution >= 0.6 is 23.5 Å². The van der Waals surface area contributed by atoms with Crippen LogP contribution in [0.15, 0.2) is 0 Å². The van der Waals surface area contributed by atoms with Crippen molar-refractivity contribution in [3.63, 3.8) is 0 Å². The van der Waals surface area contributed by atoms with Gasteiger partial charge in [-0.3, -0.25) is 13.8 Å². The van der Waals surface area contributed by atoms with Gasteiger partial charge < -0.3 is 39.2 Å². The first kappa shape index (κ1) is 36.5. The van der Waals surface area contributed by atoms with Gasteiger partial charge >= 0.3 is 29.4 Å². The summed E-state index contributed by atoms with van der Waals surface area (Å²) >= 11 is 0. The highest BCUT2D eigenvalue weighted by Gasteiger charge is 2.70. The maximum atomic E-state index is 16.5. The van der Waals surface area contributed by atoms with Crippen LogP contribution in [0.25, 0.3) is 0 Å². The van der Waals surface area contributed by atoms with Crippen molar-refractivity contribution in [1.29, 1.82) is 0 Å². The number of carbonyl (C=O) groups excluding carboxylic acids is 1. The molecule has 4 fully saturated rings. The van der Waals surface area contributed by atoms with E-state index in [9.17, 15) is 43.2 Å². The molecule has 11 atom stereocenters. The summed E-state index contributed by atoms with van der Waals surface area (Å²) in [6.45, 7) is 4.65. The molecule has 4 aliphatic carbocycles. The predicted molar refractivity (Wildman–Crippen MR) is 148 cm³/mol. The molecule has 256 valence electrons. The van der Waals surface area contributed by atoms with Gasteiger partial charge in [-0.25, -0.2) is 22.6 Å². The molecule has 0 spiro atoms. The third kappa shape index (κ3) is 7.86. The van der Waals surface area contributed by atoms with Gasteiger partial charge in [-0.2, -0.15) is 0 Å². The fraction of sp³-hybridized carbons (Fsp3) is 0.960. The van der Waals surface area contributed by atoms with Crippen LogP contribution in [0.4, 0.5) is 4.39 Å². The standard InChI is InChI=1S/C25H44FO15P3/c1-14(4-7-21(27)38-13-39-42(29,30)31)17-5-6-18-22-19(11-20(24(17,18)3)41-44(35,36)37)23(2)9-8-16(40-43(32,33)34)10-15(23)12-25(22,26)28/h14-20,22,28H,4-13H2,1-3H3,(H2,29,30,31)(H2,32,33,34)(H2,35,36,37). The summed E-state index contributed by atoms with van der Waals surface area (Å²) < 4.78 is 70.3. The van der Waals surface area contributed by atoms with Crippen molar-refractivity contribution < 1.29 is 75.7 Å². The van der Waals surface area contributed by atoms with Gasteiger partial charge in [0.1, 0.15) is 0 Å². The van der Waals surface area contributed by atoms with Crippen LogP contribution in [0.5, 0.6) is 0 Å². The van der Waals surface area contributed by atoms with Gasteiger partial charge in [-0.05, 0) is 80.0 Å². The zero-order chi connectivity index (χ0) is 33.1. The van der Waals surface area contributed by atoms with E-state index in [1.165, 1.54) is 0 Å². The number of hydrogen-bond acceptors (Lipinski definition) is 9. The smallest absolute Gasteiger partial charge is 0.438 e. The number of halogens is 1. The molecule has 0 aliphatic heterocycles. The quantitative estimate of drug-likeness (QED) is 0.0928. The largest absolute Gasteiger partial charge is 0.472 e. The Morgan fingerprint density at radius 1 is 0.932 bits per heavy atom. The summed E-state index contributed by atoms with van der Waals surface area (Å²) in [7, 11) is -14.6. The number of rotatable bonds is 11. The molecule has 4 aliphatic rings. The second kappa shape index (κ2) is 12.6. The third-order valence-electron chi connectivity index (χ3n) is 11.3. The number of alkyl halides is 1. The number of hydrogen-bond donors (Lipinski definition) is 7. The summed E-state index contributed by atoms with van der Waals surface area (Å²) in [5, 5.41) is 11.4. The van der Waals surface area contributed by atoms with E-state index in [2.05, 4.69) is 4.52 Å². The molecule has 0 saturated heterocycles. The fourth-order valence-electron chi connectivity index (χ4n) is 9.46. The van der Waals surface area contributed by atoms with Gasteiger partial charge in [-0.15, -0.1) is 0 Å². The number of ether oxygens (including phenoxy) is 1. The molecule has 0 aromatic rings. The van der Waals surface area contributed by atoms with Gasteiger partial charge in [0.05, 0.1) is 12.2 Å². The van der Waals surface area contributed by atoms with Crippen LogP contribution in [0.2, 0.25) is 0 Å². The maximum Gasteiger partial charge on any atom is 0.472 e. The zero-order valence-corrected chi connectivity index (χ0v) is 27.5. The van der Waals surface area contributed by atoms with E-state index in [4.69, 9.17) is 23.6 Å². The average Bonchev–Trinajstić information content (AvgIpc) is 3.19. The van der Waals surface area contributed by atoms with Crippen molar-refractivity contribution in [2.24, 2.45) is 46.3 Å². The molecule has 0 aromatic carbocycles. The molecule has 15 nitrogen and oxygen atoms in total. The molecule has 0 aromatic heterocycles. The lowest BCUT2D eigenvalue weighted by molar-refractivity contribution is -0.283. The molecule has 0 radical (unpaired) electrons. The number of fused-ring (bicyclic) bond motifs is 5. The summed E-state index contributed by atoms with van der Waals surface area (Å²) in [4.78, 5) is 68.2. The molecule has 19 heteroatoms. The van der Waals surface area contributed by atoms with E-state index in [0.717, 1.165) is 0 Å². The fourth-order valence-corrected chi connectivity index (χ4v) is 10.9. The van der Waals surface area contributed by atoms with E-state index in [-0.39, 0.29) is 50.4 Å². The van der Waals surface area contributed by atoms with Gasteiger partial charge in [0.25, 0.3) is 0 Å². The van der Waals surface area contributed by atoms with E-state index in [0.29, 0.717) is 19.3 Å². The second-order valence-electron chi connectivity index (χ2n) is 13.6. The molecule has 0 heterocycles. The van der Waals surface area contributed by atoms with E-state index in [1.807, 2.05) is 13.8 Å². The molecule has 44 heavy (non-hydrogen) atoms. The number of carbonyl (C=O) groups is 1. The van der Waals surface area contributed by atoms with E-state index in [1.54, 1.807) is 6.92 Å². The van der Waals surface area contributed by atoms with E-state index >= 15 is 4.39 Å². The molecule has 7 N–H and O–H groups in total. The first-order valence-corrected chi connectivity index (χ1v) is 19.3. The van der Waals surface area contributed by atoms with Crippen molar-refractivity contribution in [1.82, 2.24) is 0 Å². The summed E-state index contributed by atoms with van der Waals surface area (Å²) in [6, 6.07) is 0. The maximum absolute atomic E-state index is 16.5. The number of phosphoric acid groups is 3. The van der Waals surface area contributed by atoms with Gasteiger partial charge in [0, 0.05) is 24.2 Å². The molecule has 0 bridgehead atoms. The first-order valence-electron chi connectivity index (χ1n) is 14.7. The number of esters is 1. The summed E-state index contributed by atoms with van der Waals surface area (Å²) in [5.74, 6) is -6.47. The Hall–Kier alpha value is -0.310. The van der Waals surface area contributed by atoms with Crippen molar-refractivity contribution in [3.05, 3.63) is 0 Å². The molecule has 11 unspecified atom stereocenters. The Labute approximate surface area is 254 Å². The highest BCUT2D eigenvalue weighted by Crippen LogP contribution is 2.72.